The van der Waals surface area contributed by atoms with Crippen molar-refractivity contribution in [3.8, 4) is 0 Å². The van der Waals surface area contributed by atoms with Crippen LogP contribution in [0.3, 0.4) is 0 Å². The molecule has 0 bridgehead atoms. The van der Waals surface area contributed by atoms with Gasteiger partial charge in [0.25, 0.3) is 0 Å². The van der Waals surface area contributed by atoms with Crippen molar-refractivity contribution in [3.05, 3.63) is 0 Å². The van der Waals surface area contributed by atoms with E-state index in [0.29, 0.717) is 0 Å². The van der Waals surface area contributed by atoms with Crippen LogP contribution < -0.4 is 21.5 Å². The first kappa shape index (κ1) is 19.6. The second-order valence-electron chi connectivity index (χ2n) is 2.42. The number of hydrogen-bond acceptors (Lipinski definition) is 7. The molecular weight excluding hydrogens is 395 g/mol. The fourth-order valence-electron chi connectivity index (χ4n) is 0.684. The molecule has 0 aliphatic carbocycles. The second kappa shape index (κ2) is 7.37. The molecule has 0 fully saturated rings. The Hall–Kier alpha value is -0.930. The van der Waals surface area contributed by atoms with Crippen molar-refractivity contribution in [2.75, 3.05) is 0 Å². The fourth-order valence-corrected chi connectivity index (χ4v) is 0.684. The normalized spacial score (nSPS) is 9.40. The summed E-state index contributed by atoms with van der Waals surface area (Å²) < 4.78 is 0. The standard InChI is InChI=1S/C6H8O7.Au.H3N/c7-3(8)1-6(13,5(11)12)2-4(9)10;;/h13H,1-2H2,(H,7,8)(H,9,10)(H,11,12);;1H3/q;+2;/p-2. The number of carbonyl (C=O) groups is 3. The Morgan fingerprint density at radius 2 is 1.27 bits per heavy atom. The SMILES string of the molecule is O=C([O-])CC(O)(CC(=O)[O-])C(=O)[O-].[Au+2].[NH4+]. The third kappa shape index (κ3) is 7.05. The Morgan fingerprint density at radius 1 is 1.00 bits per heavy atom. The Balaban J connectivity index is -0.000000720. The number of carboxylic acids is 3. The first-order valence-corrected chi connectivity index (χ1v) is 3.11. The molecule has 5 N–H and O–H groups in total. The summed E-state index contributed by atoms with van der Waals surface area (Å²) in [5, 5.41) is 38.9. The third-order valence-corrected chi connectivity index (χ3v) is 1.25. The van der Waals surface area contributed by atoms with Gasteiger partial charge in [-0.1, -0.05) is 0 Å². The maximum atomic E-state index is 10.1. The summed E-state index contributed by atoms with van der Waals surface area (Å²) in [5.74, 6) is -5.98. The predicted molar refractivity (Wildman–Crippen MR) is 35.2 cm³/mol. The summed E-state index contributed by atoms with van der Waals surface area (Å²) in [5.41, 5.74) is -2.97. The molecule has 9 heteroatoms. The van der Waals surface area contributed by atoms with Crippen LogP contribution in [0.4, 0.5) is 0 Å². The second-order valence-corrected chi connectivity index (χ2v) is 2.42. The van der Waals surface area contributed by atoms with E-state index >= 15 is 0 Å². The number of carbonyl (C=O) groups excluding carboxylic acids is 3. The van der Waals surface area contributed by atoms with Gasteiger partial charge in [-0.25, -0.2) is 0 Å². The fraction of sp³-hybridized carbons (Fsp3) is 0.500. The molecule has 0 heterocycles. The van der Waals surface area contributed by atoms with Crippen LogP contribution in [0.1, 0.15) is 12.8 Å². The molecule has 0 aliphatic rings. The van der Waals surface area contributed by atoms with Crippen LogP contribution in [0, 0.1) is 0 Å². The van der Waals surface area contributed by atoms with Gasteiger partial charge in [-0.15, -0.1) is 0 Å². The average Bonchev–Trinajstić information content (AvgIpc) is 1.82. The van der Waals surface area contributed by atoms with Crippen molar-refractivity contribution >= 4 is 17.9 Å². The molecule has 0 aromatic heterocycles. The summed E-state index contributed by atoms with van der Waals surface area (Å²) in [6.07, 6.45) is -2.72. The van der Waals surface area contributed by atoms with Crippen LogP contribution in [-0.4, -0.2) is 28.6 Å². The van der Waals surface area contributed by atoms with Gasteiger partial charge in [0.15, 0.2) is 0 Å². The number of aliphatic hydroxyl groups is 1. The van der Waals surface area contributed by atoms with Gasteiger partial charge in [0.2, 0.25) is 0 Å². The summed E-state index contributed by atoms with van der Waals surface area (Å²) in [6, 6.07) is 0. The number of hydrogen-bond donors (Lipinski definition) is 2. The summed E-state index contributed by atoms with van der Waals surface area (Å²) in [7, 11) is 0. The van der Waals surface area contributed by atoms with E-state index in [4.69, 9.17) is 5.11 Å². The molecule has 0 aromatic carbocycles. The minimum atomic E-state index is -2.97. The van der Waals surface area contributed by atoms with Crippen molar-refractivity contribution in [1.29, 1.82) is 0 Å². The maximum absolute atomic E-state index is 10.1. The van der Waals surface area contributed by atoms with Crippen molar-refractivity contribution in [2.24, 2.45) is 0 Å². The van der Waals surface area contributed by atoms with Crippen LogP contribution >= 0.6 is 0 Å². The van der Waals surface area contributed by atoms with Crippen molar-refractivity contribution in [3.63, 3.8) is 0 Å². The molecule has 0 rings (SSSR count). The molecular formula is C6H9AuNO7. The molecule has 15 heavy (non-hydrogen) atoms. The Bertz CT molecular complexity index is 238. The molecule has 8 nitrogen and oxygen atoms in total. The molecule has 0 unspecified atom stereocenters. The first-order chi connectivity index (χ1) is 5.78. The number of quaternary nitrogens is 1. The molecule has 0 saturated carbocycles. The van der Waals surface area contributed by atoms with E-state index in [2.05, 4.69) is 0 Å². The number of rotatable bonds is 5. The van der Waals surface area contributed by atoms with E-state index in [1.165, 1.54) is 0 Å². The van der Waals surface area contributed by atoms with E-state index in [-0.39, 0.29) is 28.5 Å². The maximum Gasteiger partial charge on any atom is 2.00 e. The first-order valence-electron chi connectivity index (χ1n) is 3.11. The molecule has 0 aromatic rings. The van der Waals surface area contributed by atoms with Gasteiger partial charge < -0.3 is 41.0 Å². The van der Waals surface area contributed by atoms with Crippen molar-refractivity contribution < 1.29 is 57.2 Å². The van der Waals surface area contributed by atoms with E-state index in [9.17, 15) is 29.7 Å². The molecule has 0 spiro atoms. The van der Waals surface area contributed by atoms with Gasteiger partial charge in [-0.3, -0.25) is 0 Å². The minimum Gasteiger partial charge on any atom is -0.550 e. The van der Waals surface area contributed by atoms with Crippen LogP contribution in [0.15, 0.2) is 0 Å². The van der Waals surface area contributed by atoms with Gasteiger partial charge in [0.1, 0.15) is 5.60 Å². The topological polar surface area (TPSA) is 177 Å². The molecule has 0 saturated heterocycles. The van der Waals surface area contributed by atoms with Gasteiger partial charge in [0.05, 0.1) is 5.97 Å². The Labute approximate surface area is 100.0 Å². The van der Waals surface area contributed by atoms with Crippen molar-refractivity contribution in [1.82, 2.24) is 6.15 Å². The van der Waals surface area contributed by atoms with Gasteiger partial charge in [-0.05, 0) is 0 Å². The van der Waals surface area contributed by atoms with Crippen LogP contribution in [0.2, 0.25) is 0 Å². The van der Waals surface area contributed by atoms with E-state index in [1.807, 2.05) is 0 Å². The van der Waals surface area contributed by atoms with Gasteiger partial charge in [0, 0.05) is 24.8 Å². The monoisotopic (exact) mass is 404 g/mol. The van der Waals surface area contributed by atoms with Gasteiger partial charge >= 0.3 is 22.4 Å². The largest absolute Gasteiger partial charge is 2.00 e. The average molecular weight is 404 g/mol. The van der Waals surface area contributed by atoms with E-state index in [1.54, 1.807) is 0 Å². The third-order valence-electron chi connectivity index (χ3n) is 1.25. The quantitative estimate of drug-likeness (QED) is 0.432. The van der Waals surface area contributed by atoms with Gasteiger partial charge in [-0.2, -0.15) is 0 Å². The summed E-state index contributed by atoms with van der Waals surface area (Å²) in [4.78, 5) is 30.0. The zero-order valence-electron chi connectivity index (χ0n) is 7.61. The number of aliphatic carboxylic acids is 3. The molecule has 1 radical (unpaired) electrons. The molecule has 0 aliphatic heterocycles. The summed E-state index contributed by atoms with van der Waals surface area (Å²) in [6.45, 7) is 0. The van der Waals surface area contributed by atoms with E-state index in [0.717, 1.165) is 0 Å². The zero-order chi connectivity index (χ0) is 10.6. The van der Waals surface area contributed by atoms with Crippen LogP contribution in [0.5, 0.6) is 0 Å². The van der Waals surface area contributed by atoms with Crippen LogP contribution in [-0.2, 0) is 36.8 Å². The zero-order valence-corrected chi connectivity index (χ0v) is 9.78. The predicted octanol–water partition coefficient (Wildman–Crippen LogP) is -4.88. The Morgan fingerprint density at radius 3 is 1.40 bits per heavy atom. The minimum absolute atomic E-state index is 0. The van der Waals surface area contributed by atoms with Crippen LogP contribution in [0.25, 0.3) is 0 Å². The number of carboxylic acid groups (broad SMARTS) is 3. The molecule has 91 valence electrons. The molecule has 0 amide bonds. The molecule has 0 atom stereocenters. The van der Waals surface area contributed by atoms with E-state index < -0.39 is 36.4 Å². The summed E-state index contributed by atoms with van der Waals surface area (Å²) >= 11 is 0. The smallest absolute Gasteiger partial charge is 0.550 e. The Kier molecular flexibility index (Phi) is 9.64. The van der Waals surface area contributed by atoms with Crippen molar-refractivity contribution in [2.45, 2.75) is 18.4 Å².